The van der Waals surface area contributed by atoms with Crippen LogP contribution in [-0.2, 0) is 4.79 Å². The number of carboxylic acids is 1. The van der Waals surface area contributed by atoms with Gasteiger partial charge in [-0.1, -0.05) is 17.7 Å². The molecule has 1 aromatic rings. The van der Waals surface area contributed by atoms with Crippen molar-refractivity contribution in [2.45, 2.75) is 24.3 Å². The number of carbonyl (C=O) groups is 1. The lowest BCUT2D eigenvalue weighted by Gasteiger charge is -2.07. The van der Waals surface area contributed by atoms with Gasteiger partial charge in [-0.3, -0.25) is 4.79 Å². The van der Waals surface area contributed by atoms with Crippen LogP contribution < -0.4 is 0 Å². The number of rotatable bonds is 5. The summed E-state index contributed by atoms with van der Waals surface area (Å²) in [5.74, 6) is -0.553. The Bertz CT molecular complexity index is 338. The highest BCUT2D eigenvalue weighted by molar-refractivity contribution is 7.99. The van der Waals surface area contributed by atoms with Crippen molar-refractivity contribution in [1.82, 2.24) is 0 Å². The van der Waals surface area contributed by atoms with Crippen molar-refractivity contribution in [1.29, 1.82) is 0 Å². The molecule has 0 amide bonds. The molecule has 0 aliphatic heterocycles. The van der Waals surface area contributed by atoms with Gasteiger partial charge in [0.05, 0.1) is 12.5 Å². The first kappa shape index (κ1) is 12.1. The highest BCUT2D eigenvalue weighted by Crippen LogP contribution is 2.20. The third kappa shape index (κ3) is 4.85. The molecule has 1 unspecified atom stereocenters. The molecular weight excluding hydrogens is 212 g/mol. The van der Waals surface area contributed by atoms with E-state index in [2.05, 4.69) is 0 Å². The second-order valence-corrected chi connectivity index (χ2v) is 4.47. The topological polar surface area (TPSA) is 57.5 Å². The Morgan fingerprint density at radius 3 is 2.87 bits per heavy atom. The maximum atomic E-state index is 10.3. The molecule has 1 rings (SSSR count). The fourth-order valence-electron chi connectivity index (χ4n) is 1.16. The molecule has 2 N–H and O–H groups in total. The summed E-state index contributed by atoms with van der Waals surface area (Å²) in [5, 5.41) is 17.8. The summed E-state index contributed by atoms with van der Waals surface area (Å²) in [7, 11) is 0. The maximum absolute atomic E-state index is 10.3. The number of aliphatic hydroxyl groups excluding tert-OH is 1. The molecule has 1 aromatic carbocycles. The Kier molecular flexibility index (Phi) is 4.65. The zero-order valence-electron chi connectivity index (χ0n) is 8.51. The zero-order valence-corrected chi connectivity index (χ0v) is 9.33. The number of hydrogen-bond acceptors (Lipinski definition) is 3. The Balaban J connectivity index is 2.40. The van der Waals surface area contributed by atoms with Crippen molar-refractivity contribution in [2.24, 2.45) is 0 Å². The number of hydrogen-bond donors (Lipinski definition) is 2. The SMILES string of the molecule is Cc1cccc(SCC(O)CC(=O)O)c1. The van der Waals surface area contributed by atoms with Crippen LogP contribution in [0, 0.1) is 6.92 Å². The number of aliphatic hydroxyl groups is 1. The first-order chi connectivity index (χ1) is 7.08. The molecule has 1 atom stereocenters. The van der Waals surface area contributed by atoms with E-state index in [0.717, 1.165) is 10.5 Å². The molecule has 82 valence electrons. The van der Waals surface area contributed by atoms with Crippen LogP contribution in [0.2, 0.25) is 0 Å². The molecule has 15 heavy (non-hydrogen) atoms. The van der Waals surface area contributed by atoms with Crippen LogP contribution >= 0.6 is 11.8 Å². The number of aryl methyl sites for hydroxylation is 1. The molecule has 0 aliphatic carbocycles. The Labute approximate surface area is 93.1 Å². The van der Waals surface area contributed by atoms with Gasteiger partial charge in [-0.25, -0.2) is 0 Å². The smallest absolute Gasteiger partial charge is 0.306 e. The predicted octanol–water partition coefficient (Wildman–Crippen LogP) is 1.92. The lowest BCUT2D eigenvalue weighted by Crippen LogP contribution is -2.15. The van der Waals surface area contributed by atoms with Crippen LogP contribution in [0.1, 0.15) is 12.0 Å². The van der Waals surface area contributed by atoms with E-state index in [1.807, 2.05) is 31.2 Å². The van der Waals surface area contributed by atoms with E-state index < -0.39 is 12.1 Å². The van der Waals surface area contributed by atoms with E-state index >= 15 is 0 Å². The second kappa shape index (κ2) is 5.78. The molecule has 0 saturated heterocycles. The minimum Gasteiger partial charge on any atom is -0.481 e. The van der Waals surface area contributed by atoms with Gasteiger partial charge >= 0.3 is 5.97 Å². The lowest BCUT2D eigenvalue weighted by atomic mass is 10.2. The highest BCUT2D eigenvalue weighted by atomic mass is 32.2. The van der Waals surface area contributed by atoms with Crippen LogP contribution in [-0.4, -0.2) is 28.0 Å². The zero-order chi connectivity index (χ0) is 11.3. The lowest BCUT2D eigenvalue weighted by molar-refractivity contribution is -0.138. The molecule has 0 fully saturated rings. The second-order valence-electron chi connectivity index (χ2n) is 3.38. The van der Waals surface area contributed by atoms with Gasteiger partial charge in [0.25, 0.3) is 0 Å². The number of benzene rings is 1. The van der Waals surface area contributed by atoms with Crippen molar-refractivity contribution in [3.63, 3.8) is 0 Å². The van der Waals surface area contributed by atoms with Crippen molar-refractivity contribution in [3.05, 3.63) is 29.8 Å². The van der Waals surface area contributed by atoms with Crippen molar-refractivity contribution in [3.8, 4) is 0 Å². The van der Waals surface area contributed by atoms with E-state index in [1.165, 1.54) is 11.8 Å². The van der Waals surface area contributed by atoms with E-state index in [0.29, 0.717) is 5.75 Å². The first-order valence-electron chi connectivity index (χ1n) is 4.67. The summed E-state index contributed by atoms with van der Waals surface area (Å²) in [5.41, 5.74) is 1.16. The van der Waals surface area contributed by atoms with Gasteiger partial charge < -0.3 is 10.2 Å². The molecular formula is C11H14O3S. The number of carboxylic acid groups (broad SMARTS) is 1. The van der Waals surface area contributed by atoms with Crippen LogP contribution in [0.3, 0.4) is 0 Å². The Morgan fingerprint density at radius 1 is 1.53 bits per heavy atom. The van der Waals surface area contributed by atoms with Crippen LogP contribution in [0.5, 0.6) is 0 Å². The largest absolute Gasteiger partial charge is 0.481 e. The fraction of sp³-hybridized carbons (Fsp3) is 0.364. The monoisotopic (exact) mass is 226 g/mol. The summed E-state index contributed by atoms with van der Waals surface area (Å²) in [6.45, 7) is 2.00. The van der Waals surface area contributed by atoms with E-state index in [-0.39, 0.29) is 6.42 Å². The maximum Gasteiger partial charge on any atom is 0.306 e. The highest BCUT2D eigenvalue weighted by Gasteiger charge is 2.09. The van der Waals surface area contributed by atoms with E-state index in [9.17, 15) is 9.90 Å². The summed E-state index contributed by atoms with van der Waals surface area (Å²) < 4.78 is 0. The molecule has 3 nitrogen and oxygen atoms in total. The summed E-state index contributed by atoms with van der Waals surface area (Å²) in [6, 6.07) is 7.91. The van der Waals surface area contributed by atoms with Crippen molar-refractivity contribution >= 4 is 17.7 Å². The van der Waals surface area contributed by atoms with Crippen LogP contribution in [0.4, 0.5) is 0 Å². The van der Waals surface area contributed by atoms with Crippen molar-refractivity contribution < 1.29 is 15.0 Å². The van der Waals surface area contributed by atoms with Gasteiger partial charge in [-0.2, -0.15) is 0 Å². The Morgan fingerprint density at radius 2 is 2.27 bits per heavy atom. The quantitative estimate of drug-likeness (QED) is 0.753. The summed E-state index contributed by atoms with van der Waals surface area (Å²) >= 11 is 1.47. The standard InChI is InChI=1S/C11H14O3S/c1-8-3-2-4-10(5-8)15-7-9(12)6-11(13)14/h2-5,9,12H,6-7H2,1H3,(H,13,14). The average molecular weight is 226 g/mol. The molecule has 0 aromatic heterocycles. The van der Waals surface area contributed by atoms with Gasteiger partial charge in [0.2, 0.25) is 0 Å². The normalized spacial score (nSPS) is 12.4. The predicted molar refractivity (Wildman–Crippen MR) is 60.2 cm³/mol. The van der Waals surface area contributed by atoms with Gasteiger partial charge in [0.1, 0.15) is 0 Å². The van der Waals surface area contributed by atoms with Gasteiger partial charge in [-0.05, 0) is 19.1 Å². The first-order valence-corrected chi connectivity index (χ1v) is 5.66. The van der Waals surface area contributed by atoms with Gasteiger partial charge in [0, 0.05) is 10.6 Å². The molecule has 0 radical (unpaired) electrons. The van der Waals surface area contributed by atoms with E-state index in [1.54, 1.807) is 0 Å². The van der Waals surface area contributed by atoms with Crippen LogP contribution in [0.15, 0.2) is 29.2 Å². The van der Waals surface area contributed by atoms with Gasteiger partial charge in [-0.15, -0.1) is 11.8 Å². The third-order valence-electron chi connectivity index (χ3n) is 1.84. The molecule has 0 heterocycles. The van der Waals surface area contributed by atoms with E-state index in [4.69, 9.17) is 5.11 Å². The Hall–Kier alpha value is -1.00. The van der Waals surface area contributed by atoms with Crippen LogP contribution in [0.25, 0.3) is 0 Å². The average Bonchev–Trinajstić information content (AvgIpc) is 2.14. The molecule has 4 heteroatoms. The number of aliphatic carboxylic acids is 1. The fourth-order valence-corrected chi connectivity index (χ4v) is 2.10. The summed E-state index contributed by atoms with van der Waals surface area (Å²) in [6.07, 6.45) is -0.980. The molecule has 0 aliphatic rings. The van der Waals surface area contributed by atoms with Crippen molar-refractivity contribution in [2.75, 3.05) is 5.75 Å². The minimum atomic E-state index is -0.965. The summed E-state index contributed by atoms with van der Waals surface area (Å²) in [4.78, 5) is 11.4. The molecule has 0 saturated carbocycles. The minimum absolute atomic E-state index is 0.196. The van der Waals surface area contributed by atoms with Gasteiger partial charge in [0.15, 0.2) is 0 Å². The molecule has 0 bridgehead atoms. The molecule has 0 spiro atoms. The third-order valence-corrected chi connectivity index (χ3v) is 2.98. The number of thioether (sulfide) groups is 1.